The summed E-state index contributed by atoms with van der Waals surface area (Å²) in [6.45, 7) is 4.39. The molecule has 2 heterocycles. The average molecular weight is 479 g/mol. The van der Waals surface area contributed by atoms with Gasteiger partial charge in [0.15, 0.2) is 0 Å². The van der Waals surface area contributed by atoms with Crippen LogP contribution in [0, 0.1) is 0 Å². The van der Waals surface area contributed by atoms with E-state index in [1.54, 1.807) is 13.8 Å². The van der Waals surface area contributed by atoms with Crippen LogP contribution in [0.2, 0.25) is 0 Å². The van der Waals surface area contributed by atoms with Crippen LogP contribution in [0.5, 0.6) is 0 Å². The monoisotopic (exact) mass is 478 g/mol. The molecule has 0 radical (unpaired) electrons. The Hall–Kier alpha value is -1.69. The predicted molar refractivity (Wildman–Crippen MR) is 112 cm³/mol. The van der Waals surface area contributed by atoms with Gasteiger partial charge in [-0.25, -0.2) is 8.42 Å². The number of carbonyl (C=O) groups excluding carboxylic acids is 1. The molecule has 32 heavy (non-hydrogen) atoms. The second-order valence-corrected chi connectivity index (χ2v) is 10.5. The van der Waals surface area contributed by atoms with E-state index in [4.69, 9.17) is 9.47 Å². The predicted octanol–water partition coefficient (Wildman–Crippen LogP) is 2.31. The van der Waals surface area contributed by atoms with Crippen LogP contribution in [0.15, 0.2) is 24.3 Å². The lowest BCUT2D eigenvalue weighted by Gasteiger charge is -2.37. The smallest absolute Gasteiger partial charge is 0.381 e. The molecular formula is C21H29F3N2O5S. The Labute approximate surface area is 186 Å². The fourth-order valence-electron chi connectivity index (χ4n) is 4.31. The molecule has 0 bridgehead atoms. The van der Waals surface area contributed by atoms with E-state index in [-0.39, 0.29) is 69.2 Å². The van der Waals surface area contributed by atoms with Crippen LogP contribution in [0.4, 0.5) is 13.2 Å². The van der Waals surface area contributed by atoms with Crippen LogP contribution >= 0.6 is 0 Å². The van der Waals surface area contributed by atoms with Crippen molar-refractivity contribution in [2.45, 2.75) is 50.5 Å². The van der Waals surface area contributed by atoms with Crippen LogP contribution in [0.25, 0.3) is 0 Å². The number of carbonyl (C=O) groups is 1. The molecule has 1 aromatic carbocycles. The first kappa shape index (κ1) is 24.9. The van der Waals surface area contributed by atoms with Gasteiger partial charge in [-0.15, -0.1) is 0 Å². The van der Waals surface area contributed by atoms with Crippen molar-refractivity contribution < 1.29 is 35.9 Å². The molecule has 11 heteroatoms. The first-order valence-corrected chi connectivity index (χ1v) is 12.2. The number of morpholine rings is 1. The summed E-state index contributed by atoms with van der Waals surface area (Å²) in [4.78, 5) is 13.2. The molecule has 180 valence electrons. The van der Waals surface area contributed by atoms with Crippen LogP contribution in [-0.4, -0.2) is 69.4 Å². The van der Waals surface area contributed by atoms with Gasteiger partial charge in [-0.2, -0.15) is 17.5 Å². The van der Waals surface area contributed by atoms with Crippen molar-refractivity contribution in [3.8, 4) is 0 Å². The number of sulfonamides is 1. The molecule has 2 saturated heterocycles. The maximum Gasteiger partial charge on any atom is 0.416 e. The second kappa shape index (κ2) is 9.66. The zero-order valence-electron chi connectivity index (χ0n) is 18.2. The fraction of sp³-hybridized carbons (Fsp3) is 0.667. The first-order chi connectivity index (χ1) is 14.9. The molecule has 2 aliphatic rings. The molecule has 0 aliphatic carbocycles. The minimum Gasteiger partial charge on any atom is -0.381 e. The molecule has 0 aromatic heterocycles. The summed E-state index contributed by atoms with van der Waals surface area (Å²) in [7, 11) is -3.62. The van der Waals surface area contributed by atoms with Gasteiger partial charge in [0, 0.05) is 32.8 Å². The normalized spacial score (nSPS) is 24.8. The van der Waals surface area contributed by atoms with Gasteiger partial charge in [0.05, 0.1) is 28.9 Å². The van der Waals surface area contributed by atoms with E-state index < -0.39 is 33.1 Å². The number of ether oxygens (including phenoxy) is 2. The lowest BCUT2D eigenvalue weighted by Crippen LogP contribution is -2.51. The summed E-state index contributed by atoms with van der Waals surface area (Å²) < 4.78 is 77.3. The zero-order valence-corrected chi connectivity index (χ0v) is 19.0. The van der Waals surface area contributed by atoms with Crippen LogP contribution in [0.1, 0.15) is 37.8 Å². The van der Waals surface area contributed by atoms with Gasteiger partial charge in [0.25, 0.3) is 0 Å². The Morgan fingerprint density at radius 2 is 1.81 bits per heavy atom. The molecule has 1 amide bonds. The van der Waals surface area contributed by atoms with E-state index in [0.717, 1.165) is 12.1 Å². The number of hydrogen-bond acceptors (Lipinski definition) is 5. The molecule has 2 fully saturated rings. The van der Waals surface area contributed by atoms with Crippen molar-refractivity contribution in [2.75, 3.05) is 38.6 Å². The van der Waals surface area contributed by atoms with Crippen LogP contribution in [0.3, 0.4) is 0 Å². The highest BCUT2D eigenvalue weighted by molar-refractivity contribution is 7.89. The molecular weight excluding hydrogens is 449 g/mol. The van der Waals surface area contributed by atoms with E-state index in [2.05, 4.69) is 5.32 Å². The maximum atomic E-state index is 13.2. The molecule has 0 saturated carbocycles. The average Bonchev–Trinajstić information content (AvgIpc) is 2.73. The van der Waals surface area contributed by atoms with E-state index in [1.165, 1.54) is 16.4 Å². The van der Waals surface area contributed by atoms with Crippen molar-refractivity contribution in [2.24, 2.45) is 0 Å². The Balaban J connectivity index is 1.72. The van der Waals surface area contributed by atoms with Gasteiger partial charge in [0.1, 0.15) is 0 Å². The first-order valence-electron chi connectivity index (χ1n) is 10.6. The SMILES string of the molecule is CC1CN(S(=O)(=O)CCNC(=O)C2(c3cccc(C(F)(F)F)c3)CCOCC2)CC(C)O1. The van der Waals surface area contributed by atoms with Gasteiger partial charge in [-0.3, -0.25) is 4.79 Å². The summed E-state index contributed by atoms with van der Waals surface area (Å²) in [6, 6.07) is 4.75. The standard InChI is InChI=1S/C21H29F3N2O5S/c1-15-13-26(14-16(2)31-15)32(28,29)11-8-25-19(27)20(6-9-30-10-7-20)17-4-3-5-18(12-17)21(22,23)24/h3-5,12,15-16H,6-11,13-14H2,1-2H3,(H,25,27). The highest BCUT2D eigenvalue weighted by Gasteiger charge is 2.43. The van der Waals surface area contributed by atoms with Crippen molar-refractivity contribution in [1.82, 2.24) is 9.62 Å². The number of nitrogens with zero attached hydrogens (tertiary/aromatic N) is 1. The van der Waals surface area contributed by atoms with Crippen molar-refractivity contribution in [3.05, 3.63) is 35.4 Å². The third kappa shape index (κ3) is 5.62. The summed E-state index contributed by atoms with van der Waals surface area (Å²) in [5, 5.41) is 2.65. The van der Waals surface area contributed by atoms with Gasteiger partial charge in [0.2, 0.25) is 15.9 Å². The molecule has 3 rings (SSSR count). The molecule has 2 aliphatic heterocycles. The Morgan fingerprint density at radius 1 is 1.19 bits per heavy atom. The maximum absolute atomic E-state index is 13.2. The van der Waals surface area contributed by atoms with E-state index >= 15 is 0 Å². The molecule has 1 N–H and O–H groups in total. The molecule has 7 nitrogen and oxygen atoms in total. The van der Waals surface area contributed by atoms with E-state index in [1.807, 2.05) is 0 Å². The van der Waals surface area contributed by atoms with Gasteiger partial charge < -0.3 is 14.8 Å². The number of rotatable bonds is 6. The number of nitrogens with one attached hydrogen (secondary N) is 1. The lowest BCUT2D eigenvalue weighted by molar-refractivity contribution is -0.138. The Morgan fingerprint density at radius 3 is 2.41 bits per heavy atom. The number of halogens is 3. The summed E-state index contributed by atoms with van der Waals surface area (Å²) in [5.74, 6) is -0.785. The van der Waals surface area contributed by atoms with Crippen molar-refractivity contribution in [1.29, 1.82) is 0 Å². The van der Waals surface area contributed by atoms with Crippen LogP contribution < -0.4 is 5.32 Å². The highest BCUT2D eigenvalue weighted by atomic mass is 32.2. The minimum atomic E-state index is -4.53. The molecule has 1 aromatic rings. The number of hydrogen-bond donors (Lipinski definition) is 1. The van der Waals surface area contributed by atoms with Gasteiger partial charge in [-0.05, 0) is 38.3 Å². The minimum absolute atomic E-state index is 0.136. The summed E-state index contributed by atoms with van der Waals surface area (Å²) in [6.07, 6.45) is -4.56. The third-order valence-corrected chi connectivity index (χ3v) is 7.75. The Bertz CT molecular complexity index is 906. The fourth-order valence-corrected chi connectivity index (χ4v) is 5.80. The summed E-state index contributed by atoms with van der Waals surface area (Å²) in [5.41, 5.74) is -1.77. The Kier molecular flexibility index (Phi) is 7.53. The quantitative estimate of drug-likeness (QED) is 0.678. The highest BCUT2D eigenvalue weighted by Crippen LogP contribution is 2.38. The number of amides is 1. The van der Waals surface area contributed by atoms with Gasteiger partial charge in [-0.1, -0.05) is 18.2 Å². The number of alkyl halides is 3. The second-order valence-electron chi connectivity index (χ2n) is 8.42. The molecule has 2 atom stereocenters. The topological polar surface area (TPSA) is 84.9 Å². The zero-order chi connectivity index (χ0) is 23.6. The van der Waals surface area contributed by atoms with E-state index in [9.17, 15) is 26.4 Å². The lowest BCUT2D eigenvalue weighted by atomic mass is 9.73. The third-order valence-electron chi connectivity index (χ3n) is 5.95. The van der Waals surface area contributed by atoms with Crippen molar-refractivity contribution in [3.63, 3.8) is 0 Å². The number of benzene rings is 1. The summed E-state index contributed by atoms with van der Waals surface area (Å²) >= 11 is 0. The van der Waals surface area contributed by atoms with Gasteiger partial charge >= 0.3 is 6.18 Å². The van der Waals surface area contributed by atoms with Crippen LogP contribution in [-0.2, 0) is 35.9 Å². The van der Waals surface area contributed by atoms with Crippen molar-refractivity contribution >= 4 is 15.9 Å². The molecule has 2 unspecified atom stereocenters. The van der Waals surface area contributed by atoms with E-state index in [0.29, 0.717) is 0 Å². The molecule has 0 spiro atoms. The largest absolute Gasteiger partial charge is 0.416 e.